The molecule has 0 radical (unpaired) electrons. The third-order valence-corrected chi connectivity index (χ3v) is 2.78. The van der Waals surface area contributed by atoms with Gasteiger partial charge in [-0.3, -0.25) is 0 Å². The van der Waals surface area contributed by atoms with E-state index < -0.39 is 6.04 Å². The number of hydrogen-bond donors (Lipinski definition) is 1. The quantitative estimate of drug-likeness (QED) is 0.871. The van der Waals surface area contributed by atoms with Crippen molar-refractivity contribution < 1.29 is 13.9 Å². The Bertz CT molecular complexity index is 411. The number of carbonyl (C=O) groups is 1. The number of cyclic esters (lactones) is 1. The van der Waals surface area contributed by atoms with Crippen LogP contribution in [0.3, 0.4) is 0 Å². The summed E-state index contributed by atoms with van der Waals surface area (Å²) in [5.74, 6) is -0.342. The van der Waals surface area contributed by atoms with Crippen LogP contribution in [0.5, 0.6) is 0 Å². The minimum atomic E-state index is -0.526. The van der Waals surface area contributed by atoms with Crippen molar-refractivity contribution in [3.8, 4) is 0 Å². The lowest BCUT2D eigenvalue weighted by atomic mass is 10.1. The van der Waals surface area contributed by atoms with Crippen molar-refractivity contribution >= 4 is 6.09 Å². The summed E-state index contributed by atoms with van der Waals surface area (Å²) in [5, 5.41) is 0. The van der Waals surface area contributed by atoms with E-state index in [1.54, 1.807) is 18.2 Å². The summed E-state index contributed by atoms with van der Waals surface area (Å²) in [4.78, 5) is 12.9. The van der Waals surface area contributed by atoms with Gasteiger partial charge in [-0.05, 0) is 12.5 Å². The highest BCUT2D eigenvalue weighted by molar-refractivity contribution is 5.68. The van der Waals surface area contributed by atoms with E-state index in [1.807, 2.05) is 0 Å². The van der Waals surface area contributed by atoms with Crippen molar-refractivity contribution in [2.75, 3.05) is 19.7 Å². The number of nitrogens with two attached hydrogens (primary N) is 1. The van der Waals surface area contributed by atoms with Gasteiger partial charge in [0.05, 0.1) is 12.6 Å². The molecule has 0 saturated carbocycles. The number of ether oxygens (including phenoxy) is 1. The second-order valence-electron chi connectivity index (χ2n) is 4.04. The maximum absolute atomic E-state index is 13.5. The van der Waals surface area contributed by atoms with E-state index in [-0.39, 0.29) is 18.5 Å². The van der Waals surface area contributed by atoms with E-state index >= 15 is 0 Å². The van der Waals surface area contributed by atoms with Crippen molar-refractivity contribution in [2.24, 2.45) is 5.73 Å². The van der Waals surface area contributed by atoms with Crippen molar-refractivity contribution in [1.82, 2.24) is 4.90 Å². The molecule has 2 N–H and O–H groups in total. The van der Waals surface area contributed by atoms with E-state index in [0.717, 1.165) is 6.42 Å². The van der Waals surface area contributed by atoms with Crippen LogP contribution in [-0.2, 0) is 4.74 Å². The Labute approximate surface area is 99.2 Å². The molecule has 1 amide bonds. The molecule has 0 aliphatic carbocycles. The van der Waals surface area contributed by atoms with E-state index in [2.05, 4.69) is 0 Å². The normalized spacial score (nSPS) is 17.8. The summed E-state index contributed by atoms with van der Waals surface area (Å²) < 4.78 is 18.4. The van der Waals surface area contributed by atoms with Gasteiger partial charge in [0.2, 0.25) is 0 Å². The highest BCUT2D eigenvalue weighted by Crippen LogP contribution is 2.17. The molecular weight excluding hydrogens is 223 g/mol. The number of carbonyl (C=O) groups excluding carboxylic acids is 1. The van der Waals surface area contributed by atoms with Gasteiger partial charge in [-0.1, -0.05) is 18.2 Å². The van der Waals surface area contributed by atoms with Gasteiger partial charge in [0.25, 0.3) is 0 Å². The average Bonchev–Trinajstić information content (AvgIpc) is 2.32. The predicted octanol–water partition coefficient (Wildman–Crippen LogP) is 1.67. The number of rotatable bonds is 3. The zero-order valence-corrected chi connectivity index (χ0v) is 9.43. The molecule has 1 heterocycles. The van der Waals surface area contributed by atoms with Crippen molar-refractivity contribution in [1.29, 1.82) is 0 Å². The van der Waals surface area contributed by atoms with Gasteiger partial charge >= 0.3 is 6.09 Å². The van der Waals surface area contributed by atoms with Crippen LogP contribution < -0.4 is 5.73 Å². The molecule has 5 heteroatoms. The Hall–Kier alpha value is -1.62. The molecule has 1 fully saturated rings. The molecule has 4 nitrogen and oxygen atoms in total. The summed E-state index contributed by atoms with van der Waals surface area (Å²) >= 11 is 0. The maximum Gasteiger partial charge on any atom is 0.409 e. The zero-order chi connectivity index (χ0) is 12.3. The largest absolute Gasteiger partial charge is 0.449 e. The molecule has 1 aliphatic rings. The fourth-order valence-electron chi connectivity index (χ4n) is 1.87. The molecule has 0 spiro atoms. The molecule has 0 aromatic heterocycles. The lowest BCUT2D eigenvalue weighted by Crippen LogP contribution is -2.41. The summed E-state index contributed by atoms with van der Waals surface area (Å²) in [6.07, 6.45) is 0.415. The molecule has 17 heavy (non-hydrogen) atoms. The highest BCUT2D eigenvalue weighted by Gasteiger charge is 2.23. The molecule has 1 aromatic carbocycles. The standard InChI is InChI=1S/C12H15FN2O2/c13-10-5-2-1-4-9(10)11(14)8-15-6-3-7-17-12(15)16/h1-2,4-5,11H,3,6-8,14H2. The fraction of sp³-hybridized carbons (Fsp3) is 0.417. The molecule has 2 rings (SSSR count). The van der Waals surface area contributed by atoms with Gasteiger partial charge in [-0.15, -0.1) is 0 Å². The number of nitrogens with zero attached hydrogens (tertiary/aromatic N) is 1. The fourth-order valence-corrected chi connectivity index (χ4v) is 1.87. The summed E-state index contributed by atoms with van der Waals surface area (Å²) in [5.41, 5.74) is 6.32. The van der Waals surface area contributed by atoms with E-state index in [1.165, 1.54) is 11.0 Å². The third-order valence-electron chi connectivity index (χ3n) is 2.78. The van der Waals surface area contributed by atoms with Gasteiger partial charge in [-0.2, -0.15) is 0 Å². The Kier molecular flexibility index (Phi) is 3.58. The molecule has 1 saturated heterocycles. The molecule has 1 atom stereocenters. The molecule has 0 bridgehead atoms. The smallest absolute Gasteiger partial charge is 0.409 e. The van der Waals surface area contributed by atoms with Crippen LogP contribution in [0.1, 0.15) is 18.0 Å². The van der Waals surface area contributed by atoms with E-state index in [4.69, 9.17) is 10.5 Å². The average molecular weight is 238 g/mol. The summed E-state index contributed by atoms with van der Waals surface area (Å²) in [7, 11) is 0. The first kappa shape index (κ1) is 11.9. The minimum Gasteiger partial charge on any atom is -0.449 e. The van der Waals surface area contributed by atoms with Crippen molar-refractivity contribution in [2.45, 2.75) is 12.5 Å². The van der Waals surface area contributed by atoms with Crippen LogP contribution in [0.2, 0.25) is 0 Å². The van der Waals surface area contributed by atoms with Crippen LogP contribution >= 0.6 is 0 Å². The van der Waals surface area contributed by atoms with Gasteiger partial charge < -0.3 is 15.4 Å². The minimum absolute atomic E-state index is 0.278. The Balaban J connectivity index is 2.03. The monoisotopic (exact) mass is 238 g/mol. The van der Waals surface area contributed by atoms with Gasteiger partial charge in [0.15, 0.2) is 0 Å². The molecule has 1 aliphatic heterocycles. The summed E-state index contributed by atoms with van der Waals surface area (Å²) in [6, 6.07) is 5.81. The first-order chi connectivity index (χ1) is 8.18. The summed E-state index contributed by atoms with van der Waals surface area (Å²) in [6.45, 7) is 1.34. The number of hydrogen-bond acceptors (Lipinski definition) is 3. The molecular formula is C12H15FN2O2. The van der Waals surface area contributed by atoms with Crippen molar-refractivity contribution in [3.63, 3.8) is 0 Å². The first-order valence-electron chi connectivity index (χ1n) is 5.60. The van der Waals surface area contributed by atoms with Crippen LogP contribution in [0.25, 0.3) is 0 Å². The van der Waals surface area contributed by atoms with Crippen LogP contribution in [0, 0.1) is 5.82 Å². The van der Waals surface area contributed by atoms with Gasteiger partial charge in [-0.25, -0.2) is 9.18 Å². The van der Waals surface area contributed by atoms with Crippen LogP contribution in [0.4, 0.5) is 9.18 Å². The zero-order valence-electron chi connectivity index (χ0n) is 9.43. The van der Waals surface area contributed by atoms with E-state index in [0.29, 0.717) is 18.7 Å². The van der Waals surface area contributed by atoms with Gasteiger partial charge in [0.1, 0.15) is 5.82 Å². The number of halogens is 1. The second-order valence-corrected chi connectivity index (χ2v) is 4.04. The van der Waals surface area contributed by atoms with E-state index in [9.17, 15) is 9.18 Å². The Morgan fingerprint density at radius 1 is 1.47 bits per heavy atom. The maximum atomic E-state index is 13.5. The predicted molar refractivity (Wildman–Crippen MR) is 60.9 cm³/mol. The van der Waals surface area contributed by atoms with Crippen LogP contribution in [0.15, 0.2) is 24.3 Å². The number of benzene rings is 1. The Morgan fingerprint density at radius 2 is 2.24 bits per heavy atom. The lowest BCUT2D eigenvalue weighted by Gasteiger charge is -2.28. The Morgan fingerprint density at radius 3 is 2.94 bits per heavy atom. The van der Waals surface area contributed by atoms with Crippen LogP contribution in [-0.4, -0.2) is 30.7 Å². The van der Waals surface area contributed by atoms with Gasteiger partial charge in [0, 0.05) is 18.7 Å². The van der Waals surface area contributed by atoms with Crippen molar-refractivity contribution in [3.05, 3.63) is 35.6 Å². The number of amides is 1. The topological polar surface area (TPSA) is 55.6 Å². The molecule has 1 aromatic rings. The highest BCUT2D eigenvalue weighted by atomic mass is 19.1. The lowest BCUT2D eigenvalue weighted by molar-refractivity contribution is 0.0704. The second kappa shape index (κ2) is 5.14. The molecule has 1 unspecified atom stereocenters. The first-order valence-corrected chi connectivity index (χ1v) is 5.60. The SMILES string of the molecule is NC(CN1CCCOC1=O)c1ccccc1F. The third kappa shape index (κ3) is 2.74. The molecule has 92 valence electrons.